The average molecular weight is 183 g/mol. The van der Waals surface area contributed by atoms with Crippen LogP contribution in [0.4, 0.5) is 0 Å². The minimum Gasteiger partial charge on any atom is -0.480 e. The van der Waals surface area contributed by atoms with Gasteiger partial charge in [0.25, 0.3) is 0 Å². The minimum atomic E-state index is -0.987. The van der Waals surface area contributed by atoms with E-state index in [2.05, 4.69) is 12.8 Å². The van der Waals surface area contributed by atoms with Crippen molar-refractivity contribution in [2.24, 2.45) is 0 Å². The van der Waals surface area contributed by atoms with Gasteiger partial charge in [0.15, 0.2) is 0 Å². The van der Waals surface area contributed by atoms with E-state index < -0.39 is 12.0 Å². The number of thiol groups is 1. The van der Waals surface area contributed by atoms with Crippen molar-refractivity contribution in [1.29, 1.82) is 0 Å². The lowest BCUT2D eigenvalue weighted by atomic mass is 10.3. The number of carbonyl (C=O) groups is 1. The summed E-state index contributed by atoms with van der Waals surface area (Å²) in [7, 11) is 1.53. The molecule has 0 saturated carbocycles. The highest BCUT2D eigenvalue weighted by atomic mass is 32.2. The number of hydrogen-bond donors (Lipinski definition) is 3. The van der Waals surface area contributed by atoms with Gasteiger partial charge >= 0.3 is 5.97 Å². The Balaban J connectivity index is 3.85. The van der Waals surface area contributed by atoms with Gasteiger partial charge in [-0.1, -0.05) is 12.8 Å². The third-order valence-electron chi connectivity index (χ3n) is 0.969. The maximum Gasteiger partial charge on any atom is 0.322 e. The van der Waals surface area contributed by atoms with E-state index in [1.54, 1.807) is 0 Å². The first-order valence-corrected chi connectivity index (χ1v) is 3.84. The fourth-order valence-electron chi connectivity index (χ4n) is 0.410. The molecule has 2 N–H and O–H groups in total. The Kier molecular flexibility index (Phi) is 4.88. The lowest BCUT2D eigenvalue weighted by molar-refractivity contribution is -0.140. The molecule has 0 aromatic carbocycles. The zero-order valence-electron chi connectivity index (χ0n) is 5.39. The van der Waals surface area contributed by atoms with Crippen molar-refractivity contribution in [2.75, 3.05) is 12.8 Å². The molecule has 10 heavy (non-hydrogen) atoms. The number of carboxylic acid groups (broad SMARTS) is 1. The van der Waals surface area contributed by atoms with Crippen molar-refractivity contribution < 1.29 is 14.5 Å². The molecule has 0 spiro atoms. The second-order valence-electron chi connectivity index (χ2n) is 1.72. The molecule has 0 aromatic rings. The maximum absolute atomic E-state index is 10.3. The van der Waals surface area contributed by atoms with Crippen LogP contribution in [0.15, 0.2) is 0 Å². The van der Waals surface area contributed by atoms with E-state index in [1.807, 2.05) is 0 Å². The Morgan fingerprint density at radius 2 is 2.40 bits per heavy atom. The molecular formula is C4H9NO3S2. The maximum atomic E-state index is 10.3. The molecule has 1 unspecified atom stereocenters. The van der Waals surface area contributed by atoms with Crippen molar-refractivity contribution in [3.63, 3.8) is 0 Å². The molecule has 0 aliphatic rings. The van der Waals surface area contributed by atoms with Crippen LogP contribution in [0, 0.1) is 0 Å². The molecule has 6 heteroatoms. The van der Waals surface area contributed by atoms with Gasteiger partial charge in [-0.25, -0.2) is 4.31 Å². The van der Waals surface area contributed by atoms with Gasteiger partial charge in [-0.2, -0.15) is 0 Å². The normalized spacial score (nSPS) is 13.6. The van der Waals surface area contributed by atoms with E-state index in [1.165, 1.54) is 11.4 Å². The highest BCUT2D eigenvalue weighted by molar-refractivity contribution is 7.93. The zero-order chi connectivity index (χ0) is 8.15. The summed E-state index contributed by atoms with van der Waals surface area (Å²) in [6.45, 7) is 0. The monoisotopic (exact) mass is 183 g/mol. The predicted octanol–water partition coefficient (Wildman–Crippen LogP) is 0.422. The van der Waals surface area contributed by atoms with Crippen LogP contribution in [-0.4, -0.2) is 38.8 Å². The van der Waals surface area contributed by atoms with Gasteiger partial charge in [-0.15, -0.1) is 0 Å². The van der Waals surface area contributed by atoms with Crippen LogP contribution in [-0.2, 0) is 4.79 Å². The Morgan fingerprint density at radius 1 is 1.90 bits per heavy atom. The van der Waals surface area contributed by atoms with E-state index in [0.29, 0.717) is 12.0 Å². The van der Waals surface area contributed by atoms with Crippen LogP contribution in [0.25, 0.3) is 0 Å². The number of aliphatic carboxylic acids is 1. The summed E-state index contributed by atoms with van der Waals surface area (Å²) in [5.74, 6) is -0.867. The number of rotatable bonds is 4. The van der Waals surface area contributed by atoms with E-state index in [4.69, 9.17) is 9.66 Å². The first-order chi connectivity index (χ1) is 4.59. The second-order valence-corrected chi connectivity index (χ2v) is 2.95. The standard InChI is InChI=1S/C4H9NO3S2/c1-5(9)3(2-10-8)4(6)7/h3,8-9H,2H2,1H3,(H,6,7). The van der Waals surface area contributed by atoms with Crippen LogP contribution in [0.1, 0.15) is 0 Å². The van der Waals surface area contributed by atoms with Crippen molar-refractivity contribution in [1.82, 2.24) is 4.31 Å². The van der Waals surface area contributed by atoms with Crippen molar-refractivity contribution in [2.45, 2.75) is 6.04 Å². The highest BCUT2D eigenvalue weighted by Gasteiger charge is 2.19. The molecule has 0 fully saturated rings. The molecule has 1 atom stereocenters. The summed E-state index contributed by atoms with van der Waals surface area (Å²) >= 11 is 4.29. The molecule has 0 heterocycles. The largest absolute Gasteiger partial charge is 0.480 e. The first kappa shape index (κ1) is 10.1. The number of likely N-dealkylation sites (N-methyl/N-ethyl adjacent to an activating group) is 1. The molecule has 60 valence electrons. The number of nitrogens with zero attached hydrogens (tertiary/aromatic N) is 1. The highest BCUT2D eigenvalue weighted by Crippen LogP contribution is 2.05. The van der Waals surface area contributed by atoms with Crippen molar-refractivity contribution >= 4 is 30.8 Å². The predicted molar refractivity (Wildman–Crippen MR) is 43.3 cm³/mol. The zero-order valence-corrected chi connectivity index (χ0v) is 7.10. The molecule has 0 aliphatic heterocycles. The Bertz CT molecular complexity index is 119. The van der Waals surface area contributed by atoms with E-state index >= 15 is 0 Å². The molecule has 4 nitrogen and oxygen atoms in total. The molecule has 0 bridgehead atoms. The van der Waals surface area contributed by atoms with Crippen LogP contribution in [0.3, 0.4) is 0 Å². The lowest BCUT2D eigenvalue weighted by Gasteiger charge is -2.16. The van der Waals surface area contributed by atoms with Gasteiger partial charge < -0.3 is 9.66 Å². The third-order valence-corrected chi connectivity index (χ3v) is 1.71. The Morgan fingerprint density at radius 3 is 2.50 bits per heavy atom. The van der Waals surface area contributed by atoms with Crippen LogP contribution < -0.4 is 0 Å². The quantitative estimate of drug-likeness (QED) is 0.435. The lowest BCUT2D eigenvalue weighted by Crippen LogP contribution is -2.34. The van der Waals surface area contributed by atoms with E-state index in [-0.39, 0.29) is 5.75 Å². The molecule has 0 radical (unpaired) electrons. The summed E-state index contributed by atoms with van der Waals surface area (Å²) in [4.78, 5) is 10.3. The van der Waals surface area contributed by atoms with Gasteiger partial charge in [0.2, 0.25) is 0 Å². The van der Waals surface area contributed by atoms with Crippen molar-refractivity contribution in [3.8, 4) is 0 Å². The third kappa shape index (κ3) is 3.31. The molecule has 0 aliphatic carbocycles. The van der Waals surface area contributed by atoms with Crippen LogP contribution >= 0.6 is 24.9 Å². The smallest absolute Gasteiger partial charge is 0.322 e. The van der Waals surface area contributed by atoms with Gasteiger partial charge in [-0.05, 0) is 19.1 Å². The van der Waals surface area contributed by atoms with E-state index in [0.717, 1.165) is 0 Å². The first-order valence-electron chi connectivity index (χ1n) is 2.50. The molecule has 0 saturated heterocycles. The van der Waals surface area contributed by atoms with Gasteiger partial charge in [0, 0.05) is 5.75 Å². The van der Waals surface area contributed by atoms with Crippen LogP contribution in [0.5, 0.6) is 0 Å². The SMILES string of the molecule is CN(S)C(CSO)C(=O)O. The summed E-state index contributed by atoms with van der Waals surface area (Å²) < 4.78 is 9.57. The fraction of sp³-hybridized carbons (Fsp3) is 0.750. The molecule has 0 aromatic heterocycles. The summed E-state index contributed by atoms with van der Waals surface area (Å²) in [6.07, 6.45) is 0. The number of carboxylic acids is 1. The molecular weight excluding hydrogens is 174 g/mol. The summed E-state index contributed by atoms with van der Waals surface area (Å²) in [6, 6.07) is -0.738. The Hall–Kier alpha value is 0.0900. The van der Waals surface area contributed by atoms with E-state index in [9.17, 15) is 4.79 Å². The molecule has 0 amide bonds. The molecule has 0 rings (SSSR count). The van der Waals surface area contributed by atoms with Gasteiger partial charge in [-0.3, -0.25) is 4.79 Å². The fourth-order valence-corrected chi connectivity index (χ4v) is 1.21. The summed E-state index contributed by atoms with van der Waals surface area (Å²) in [5.41, 5.74) is 0. The van der Waals surface area contributed by atoms with Crippen molar-refractivity contribution in [3.05, 3.63) is 0 Å². The van der Waals surface area contributed by atoms with Crippen LogP contribution in [0.2, 0.25) is 0 Å². The second kappa shape index (κ2) is 4.84. The number of hydrogen-bond acceptors (Lipinski definition) is 5. The average Bonchev–Trinajstić information content (AvgIpc) is 1.81. The van der Waals surface area contributed by atoms with Gasteiger partial charge in [0.1, 0.15) is 6.04 Å². The minimum absolute atomic E-state index is 0.120. The topological polar surface area (TPSA) is 60.8 Å². The Labute approximate surface area is 69.0 Å². The summed E-state index contributed by atoms with van der Waals surface area (Å²) in [5, 5.41) is 8.46. The van der Waals surface area contributed by atoms with Gasteiger partial charge in [0.05, 0.1) is 0 Å².